The molecule has 28 heavy (non-hydrogen) atoms. The van der Waals surface area contributed by atoms with Crippen LogP contribution in [-0.2, 0) is 28.7 Å². The van der Waals surface area contributed by atoms with E-state index in [9.17, 15) is 4.21 Å². The first-order chi connectivity index (χ1) is 13.2. The molecule has 2 N–H and O–H groups in total. The van der Waals surface area contributed by atoms with Crippen LogP contribution in [0.1, 0.15) is 57.6 Å². The number of rotatable bonds is 9. The molecule has 1 fully saturated rings. The van der Waals surface area contributed by atoms with E-state index < -0.39 is 10.8 Å². The van der Waals surface area contributed by atoms with Gasteiger partial charge in [0.15, 0.2) is 5.96 Å². The van der Waals surface area contributed by atoms with Gasteiger partial charge < -0.3 is 15.4 Å². The van der Waals surface area contributed by atoms with Gasteiger partial charge >= 0.3 is 0 Å². The summed E-state index contributed by atoms with van der Waals surface area (Å²) in [5, 5.41) is 7.24. The van der Waals surface area contributed by atoms with Crippen molar-refractivity contribution < 1.29 is 8.95 Å². The van der Waals surface area contributed by atoms with Crippen molar-refractivity contribution in [1.29, 1.82) is 0 Å². The second-order valence-corrected chi connectivity index (χ2v) is 8.91. The topological polar surface area (TPSA) is 62.7 Å². The lowest BCUT2D eigenvalue weighted by atomic mass is 9.95. The Bertz CT molecular complexity index is 627. The molecule has 0 amide bonds. The predicted octanol–water partition coefficient (Wildman–Crippen LogP) is 3.98. The molecule has 1 aromatic rings. The molecule has 0 aromatic heterocycles. The molecular formula is C21H36IN3O2S. The Balaban J connectivity index is 0.00000392. The lowest BCUT2D eigenvalue weighted by molar-refractivity contribution is 0.133. The Morgan fingerprint density at radius 3 is 2.64 bits per heavy atom. The Hall–Kier alpha value is -0.670. The summed E-state index contributed by atoms with van der Waals surface area (Å²) in [4.78, 5) is 4.80. The van der Waals surface area contributed by atoms with Gasteiger partial charge in [0.25, 0.3) is 0 Å². The summed E-state index contributed by atoms with van der Waals surface area (Å²) in [7, 11) is -0.707. The maximum Gasteiger partial charge on any atom is 0.191 e. The van der Waals surface area contributed by atoms with Crippen LogP contribution in [0, 0.1) is 0 Å². The Labute approximate surface area is 190 Å². The summed E-state index contributed by atoms with van der Waals surface area (Å²) in [6.07, 6.45) is 4.29. The molecule has 1 aliphatic rings. The minimum absolute atomic E-state index is 0. The minimum atomic E-state index is -0.707. The number of ether oxygens (including phenoxy) is 1. The van der Waals surface area contributed by atoms with Gasteiger partial charge in [0.2, 0.25) is 0 Å². The lowest BCUT2D eigenvalue weighted by Crippen LogP contribution is -2.46. The fourth-order valence-corrected chi connectivity index (χ4v) is 4.84. The molecule has 0 spiro atoms. The van der Waals surface area contributed by atoms with Crippen LogP contribution in [-0.4, -0.2) is 40.4 Å². The van der Waals surface area contributed by atoms with Crippen molar-refractivity contribution in [3.05, 3.63) is 35.4 Å². The van der Waals surface area contributed by atoms with E-state index in [-0.39, 0.29) is 24.0 Å². The van der Waals surface area contributed by atoms with Gasteiger partial charge in [-0.25, -0.2) is 4.99 Å². The summed E-state index contributed by atoms with van der Waals surface area (Å²) in [6.45, 7) is 8.88. The van der Waals surface area contributed by atoms with Gasteiger partial charge in [-0.1, -0.05) is 37.6 Å². The van der Waals surface area contributed by atoms with E-state index in [0.717, 1.165) is 43.9 Å². The summed E-state index contributed by atoms with van der Waals surface area (Å²) in [5.74, 6) is 1.60. The van der Waals surface area contributed by atoms with Crippen molar-refractivity contribution >= 4 is 40.7 Å². The van der Waals surface area contributed by atoms with Gasteiger partial charge in [-0.15, -0.1) is 24.0 Å². The highest BCUT2D eigenvalue weighted by Gasteiger charge is 2.26. The molecule has 3 atom stereocenters. The molecule has 7 heteroatoms. The van der Waals surface area contributed by atoms with Gasteiger partial charge in [0, 0.05) is 41.0 Å². The number of halogens is 1. The molecule has 160 valence electrons. The SMILES string of the molecule is CCNC(=NCc1ccccc1COCC)NC1CCCC(S(=O)CC)C1.I. The van der Waals surface area contributed by atoms with E-state index >= 15 is 0 Å². The van der Waals surface area contributed by atoms with Gasteiger partial charge in [0.1, 0.15) is 0 Å². The van der Waals surface area contributed by atoms with Crippen molar-refractivity contribution in [2.24, 2.45) is 4.99 Å². The highest BCUT2D eigenvalue weighted by Crippen LogP contribution is 2.23. The summed E-state index contributed by atoms with van der Waals surface area (Å²) in [6, 6.07) is 8.65. The number of aliphatic imine (C=N–C) groups is 1. The van der Waals surface area contributed by atoms with Gasteiger partial charge in [0.05, 0.1) is 13.2 Å². The van der Waals surface area contributed by atoms with Crippen LogP contribution in [0.3, 0.4) is 0 Å². The molecule has 0 aliphatic heterocycles. The van der Waals surface area contributed by atoms with Gasteiger partial charge in [-0.2, -0.15) is 0 Å². The maximum absolute atomic E-state index is 12.2. The number of nitrogens with one attached hydrogen (secondary N) is 2. The van der Waals surface area contributed by atoms with E-state index in [1.54, 1.807) is 0 Å². The summed E-state index contributed by atoms with van der Waals surface area (Å²) >= 11 is 0. The first-order valence-electron chi connectivity index (χ1n) is 10.2. The predicted molar refractivity (Wildman–Crippen MR) is 130 cm³/mol. The molecule has 5 nitrogen and oxygen atoms in total. The summed E-state index contributed by atoms with van der Waals surface area (Å²) in [5.41, 5.74) is 2.38. The third kappa shape index (κ3) is 8.37. The number of hydrogen-bond acceptors (Lipinski definition) is 3. The molecule has 2 rings (SSSR count). The first kappa shape index (κ1) is 25.4. The molecule has 0 bridgehead atoms. The van der Waals surface area contributed by atoms with Crippen molar-refractivity contribution in [3.8, 4) is 0 Å². The monoisotopic (exact) mass is 521 g/mol. The normalized spacial score (nSPS) is 20.9. The second kappa shape index (κ2) is 14.3. The van der Waals surface area contributed by atoms with Crippen LogP contribution < -0.4 is 10.6 Å². The zero-order valence-corrected chi connectivity index (χ0v) is 20.6. The maximum atomic E-state index is 12.2. The number of benzene rings is 1. The minimum Gasteiger partial charge on any atom is -0.377 e. The average Bonchev–Trinajstić information content (AvgIpc) is 2.70. The standard InChI is InChI=1S/C21H35N3O2S.HI/c1-4-22-21(24-19-12-9-13-20(14-19)27(25)6-3)23-15-17-10-7-8-11-18(17)16-26-5-2;/h7-8,10-11,19-20H,4-6,9,12-16H2,1-3H3,(H2,22,23,24);1H. The van der Waals surface area contributed by atoms with E-state index in [0.29, 0.717) is 31.1 Å². The van der Waals surface area contributed by atoms with Crippen LogP contribution in [0.4, 0.5) is 0 Å². The largest absolute Gasteiger partial charge is 0.377 e. The van der Waals surface area contributed by atoms with Crippen molar-refractivity contribution in [1.82, 2.24) is 10.6 Å². The number of hydrogen-bond donors (Lipinski definition) is 2. The average molecular weight is 522 g/mol. The first-order valence-corrected chi connectivity index (χ1v) is 11.6. The molecule has 0 radical (unpaired) electrons. The molecule has 0 heterocycles. The van der Waals surface area contributed by atoms with E-state index in [1.807, 2.05) is 26.0 Å². The van der Waals surface area contributed by atoms with Crippen molar-refractivity contribution in [3.63, 3.8) is 0 Å². The Morgan fingerprint density at radius 2 is 1.96 bits per heavy atom. The summed E-state index contributed by atoms with van der Waals surface area (Å²) < 4.78 is 17.8. The molecule has 0 saturated heterocycles. The van der Waals surface area contributed by atoms with E-state index in [4.69, 9.17) is 9.73 Å². The highest BCUT2D eigenvalue weighted by atomic mass is 127. The van der Waals surface area contributed by atoms with Crippen LogP contribution in [0.15, 0.2) is 29.3 Å². The Morgan fingerprint density at radius 1 is 1.21 bits per heavy atom. The van der Waals surface area contributed by atoms with Crippen LogP contribution >= 0.6 is 24.0 Å². The zero-order chi connectivity index (χ0) is 19.5. The third-order valence-electron chi connectivity index (χ3n) is 4.96. The van der Waals surface area contributed by atoms with Crippen LogP contribution in [0.2, 0.25) is 0 Å². The fraction of sp³-hybridized carbons (Fsp3) is 0.667. The lowest BCUT2D eigenvalue weighted by Gasteiger charge is -2.30. The molecule has 1 aromatic carbocycles. The molecule has 1 aliphatic carbocycles. The number of guanidine groups is 1. The Kier molecular flexibility index (Phi) is 13.0. The quantitative estimate of drug-likeness (QED) is 0.293. The third-order valence-corrected chi connectivity index (χ3v) is 6.70. The van der Waals surface area contributed by atoms with E-state index in [2.05, 4.69) is 29.7 Å². The van der Waals surface area contributed by atoms with Crippen molar-refractivity contribution in [2.75, 3.05) is 18.9 Å². The fourth-order valence-electron chi connectivity index (χ4n) is 3.49. The van der Waals surface area contributed by atoms with E-state index in [1.165, 1.54) is 11.1 Å². The van der Waals surface area contributed by atoms with Crippen LogP contribution in [0.5, 0.6) is 0 Å². The second-order valence-electron chi connectivity index (χ2n) is 6.90. The van der Waals surface area contributed by atoms with Crippen molar-refractivity contribution in [2.45, 2.75) is 70.9 Å². The number of nitrogens with zero attached hydrogens (tertiary/aromatic N) is 1. The molecular weight excluding hydrogens is 485 g/mol. The zero-order valence-electron chi connectivity index (χ0n) is 17.4. The van der Waals surface area contributed by atoms with Crippen LogP contribution in [0.25, 0.3) is 0 Å². The smallest absolute Gasteiger partial charge is 0.191 e. The highest BCUT2D eigenvalue weighted by molar-refractivity contribution is 14.0. The molecule has 1 saturated carbocycles. The van der Waals surface area contributed by atoms with Gasteiger partial charge in [-0.3, -0.25) is 4.21 Å². The van der Waals surface area contributed by atoms with Gasteiger partial charge in [-0.05, 0) is 44.2 Å². The molecule has 3 unspecified atom stereocenters.